The van der Waals surface area contributed by atoms with Crippen molar-refractivity contribution in [3.63, 3.8) is 0 Å². The molecule has 0 aliphatic rings. The minimum absolute atomic E-state index is 0.0517. The van der Waals surface area contributed by atoms with Gasteiger partial charge in [0.25, 0.3) is 0 Å². The number of hydrogen-bond donors (Lipinski definition) is 3. The van der Waals surface area contributed by atoms with Crippen molar-refractivity contribution < 1.29 is 24.4 Å². The van der Waals surface area contributed by atoms with Crippen LogP contribution in [0.15, 0.2) is 24.3 Å². The Bertz CT molecular complexity index is 808. The summed E-state index contributed by atoms with van der Waals surface area (Å²) in [6.07, 6.45) is 44.4. The Morgan fingerprint density at radius 2 is 0.889 bits per heavy atom. The van der Waals surface area contributed by atoms with E-state index in [4.69, 9.17) is 32.2 Å². The predicted octanol–water partition coefficient (Wildman–Crippen LogP) is 11.4. The van der Waals surface area contributed by atoms with Gasteiger partial charge in [-0.2, -0.15) is 0 Å². The maximum Gasteiger partial charge on any atom is 0.135 e. The molecule has 0 aromatic carbocycles. The maximum absolute atomic E-state index is 9.32. The molecule has 7 nitrogen and oxygen atoms in total. The Labute approximate surface area is 340 Å². The number of ether oxygens (including phenoxy) is 3. The van der Waals surface area contributed by atoms with Crippen molar-refractivity contribution in [3.8, 4) is 0 Å². The second-order valence-corrected chi connectivity index (χ2v) is 15.8. The molecule has 2 unspecified atom stereocenters. The first-order chi connectivity index (χ1) is 26.6. The summed E-state index contributed by atoms with van der Waals surface area (Å²) >= 11 is 5.46. The quantitative estimate of drug-likeness (QED) is 0.0319. The molecule has 54 heavy (non-hydrogen) atoms. The van der Waals surface area contributed by atoms with Crippen LogP contribution in [0.1, 0.15) is 194 Å². The highest BCUT2D eigenvalue weighted by atomic mass is 32.1. The Balaban J connectivity index is 4.37. The van der Waals surface area contributed by atoms with Gasteiger partial charge in [0.15, 0.2) is 0 Å². The van der Waals surface area contributed by atoms with Crippen LogP contribution >= 0.6 is 12.2 Å². The molecule has 0 aliphatic heterocycles. The minimum atomic E-state index is -0.483. The van der Waals surface area contributed by atoms with Crippen LogP contribution in [0.4, 0.5) is 0 Å². The third-order valence-electron chi connectivity index (χ3n) is 10.2. The number of aliphatic hydroxyl groups is 2. The van der Waals surface area contributed by atoms with E-state index in [0.29, 0.717) is 51.1 Å². The zero-order chi connectivity index (χ0) is 39.4. The molecular weight excluding hydrogens is 693 g/mol. The van der Waals surface area contributed by atoms with Gasteiger partial charge in [-0.05, 0) is 64.2 Å². The second kappa shape index (κ2) is 44.8. The number of allylic oxidation sites excluding steroid dienone is 4. The molecule has 0 saturated heterocycles. The molecule has 0 rings (SSSR count). The van der Waals surface area contributed by atoms with Crippen molar-refractivity contribution in [1.82, 2.24) is 4.90 Å². The molecule has 0 aromatic heterocycles. The molecule has 8 heteroatoms. The van der Waals surface area contributed by atoms with E-state index in [1.165, 1.54) is 154 Å². The SMILES string of the molecule is CCCCCCCC/C=C\CCCCCCCCOC(COCCN(CCO)CCO)C(OCCCCCCCC/C=C\CCCCCCCC)C(N)=S. The van der Waals surface area contributed by atoms with Gasteiger partial charge in [-0.1, -0.05) is 166 Å². The number of thiocarbonyl (C=S) groups is 1. The Morgan fingerprint density at radius 3 is 1.28 bits per heavy atom. The van der Waals surface area contributed by atoms with Gasteiger partial charge in [-0.15, -0.1) is 0 Å². The molecule has 0 saturated carbocycles. The van der Waals surface area contributed by atoms with Crippen molar-refractivity contribution in [3.05, 3.63) is 24.3 Å². The van der Waals surface area contributed by atoms with Crippen LogP contribution in [0.3, 0.4) is 0 Å². The smallest absolute Gasteiger partial charge is 0.135 e. The van der Waals surface area contributed by atoms with Crippen LogP contribution in [-0.2, 0) is 14.2 Å². The van der Waals surface area contributed by atoms with Crippen LogP contribution in [-0.4, -0.2) is 91.6 Å². The Morgan fingerprint density at radius 1 is 0.519 bits per heavy atom. The monoisotopic (exact) mass is 783 g/mol. The van der Waals surface area contributed by atoms with Crippen molar-refractivity contribution in [2.24, 2.45) is 5.73 Å². The Hall–Kier alpha value is -0.870. The number of nitrogens with zero attached hydrogens (tertiary/aromatic N) is 1. The predicted molar refractivity (Wildman–Crippen MR) is 237 cm³/mol. The van der Waals surface area contributed by atoms with E-state index in [1.807, 2.05) is 4.90 Å². The third kappa shape index (κ3) is 38.0. The summed E-state index contributed by atoms with van der Waals surface area (Å²) in [5, 5.41) is 18.6. The van der Waals surface area contributed by atoms with Crippen molar-refractivity contribution in [2.75, 3.05) is 59.3 Å². The van der Waals surface area contributed by atoms with Crippen molar-refractivity contribution in [1.29, 1.82) is 0 Å². The molecule has 0 fully saturated rings. The summed E-state index contributed by atoms with van der Waals surface area (Å²) in [7, 11) is 0. The van der Waals surface area contributed by atoms with Crippen LogP contribution in [0, 0.1) is 0 Å². The fourth-order valence-corrected chi connectivity index (χ4v) is 6.97. The van der Waals surface area contributed by atoms with E-state index in [-0.39, 0.29) is 19.3 Å². The lowest BCUT2D eigenvalue weighted by molar-refractivity contribution is -0.0829. The summed E-state index contributed by atoms with van der Waals surface area (Å²) in [5.41, 5.74) is 6.20. The van der Waals surface area contributed by atoms with Gasteiger partial charge in [0.2, 0.25) is 0 Å². The lowest BCUT2D eigenvalue weighted by atomic mass is 10.1. The Kier molecular flexibility index (Phi) is 44.1. The van der Waals surface area contributed by atoms with Gasteiger partial charge in [-0.3, -0.25) is 4.90 Å². The average molecular weight is 783 g/mol. The van der Waals surface area contributed by atoms with E-state index in [0.717, 1.165) is 25.7 Å². The topological polar surface area (TPSA) is 97.4 Å². The number of hydrogen-bond acceptors (Lipinski definition) is 7. The van der Waals surface area contributed by atoms with E-state index >= 15 is 0 Å². The van der Waals surface area contributed by atoms with Gasteiger partial charge in [-0.25, -0.2) is 0 Å². The highest BCUT2D eigenvalue weighted by Crippen LogP contribution is 2.14. The highest BCUT2D eigenvalue weighted by Gasteiger charge is 2.26. The molecule has 0 aliphatic carbocycles. The van der Waals surface area contributed by atoms with Gasteiger partial charge in [0, 0.05) is 32.8 Å². The molecule has 0 bridgehead atoms. The molecule has 2 atom stereocenters. The van der Waals surface area contributed by atoms with Crippen molar-refractivity contribution >= 4 is 17.2 Å². The lowest BCUT2D eigenvalue weighted by Gasteiger charge is -2.27. The van der Waals surface area contributed by atoms with Crippen LogP contribution in [0.25, 0.3) is 0 Å². The fourth-order valence-electron chi connectivity index (χ4n) is 6.75. The van der Waals surface area contributed by atoms with Crippen LogP contribution in [0.2, 0.25) is 0 Å². The molecule has 0 spiro atoms. The maximum atomic E-state index is 9.32. The first-order valence-corrected chi connectivity index (χ1v) is 23.4. The molecule has 4 N–H and O–H groups in total. The van der Waals surface area contributed by atoms with Gasteiger partial charge in [0.1, 0.15) is 17.2 Å². The first kappa shape index (κ1) is 53.1. The molecule has 0 amide bonds. The number of aliphatic hydroxyl groups excluding tert-OH is 2. The van der Waals surface area contributed by atoms with Gasteiger partial charge in [0.05, 0.1) is 26.4 Å². The average Bonchev–Trinajstić information content (AvgIpc) is 3.16. The summed E-state index contributed by atoms with van der Waals surface area (Å²) in [6.45, 7) is 8.34. The first-order valence-electron chi connectivity index (χ1n) is 22.9. The third-order valence-corrected chi connectivity index (χ3v) is 10.5. The minimum Gasteiger partial charge on any atom is -0.395 e. The number of unbranched alkanes of at least 4 members (excludes halogenated alkanes) is 24. The van der Waals surface area contributed by atoms with E-state index in [9.17, 15) is 10.2 Å². The summed E-state index contributed by atoms with van der Waals surface area (Å²) < 4.78 is 18.6. The largest absolute Gasteiger partial charge is 0.395 e. The highest BCUT2D eigenvalue weighted by molar-refractivity contribution is 7.80. The zero-order valence-corrected chi connectivity index (χ0v) is 36.5. The van der Waals surface area contributed by atoms with Crippen molar-refractivity contribution in [2.45, 2.75) is 206 Å². The standard InChI is InChI=1S/C46H90N2O5S/c1-3-5-7-9-11-13-15-17-19-21-23-25-27-29-31-33-40-52-44(43-51-42-37-48(35-38-49)36-39-50)45(46(47)54)53-41-34-32-30-28-26-24-22-20-18-16-14-12-10-8-6-4-2/h17-20,44-45,49-50H,3-16,21-43H2,1-2H3,(H2,47,54)/b19-17-,20-18-. The number of nitrogens with two attached hydrogens (primary N) is 1. The molecule has 320 valence electrons. The number of rotatable bonds is 45. The zero-order valence-electron chi connectivity index (χ0n) is 35.7. The summed E-state index contributed by atoms with van der Waals surface area (Å²) in [6, 6.07) is 0. The van der Waals surface area contributed by atoms with Gasteiger partial charge >= 0.3 is 0 Å². The summed E-state index contributed by atoms with van der Waals surface area (Å²) in [5.74, 6) is 0. The molecule has 0 aromatic rings. The fraction of sp³-hybridized carbons (Fsp3) is 0.891. The van der Waals surface area contributed by atoms with E-state index in [1.54, 1.807) is 0 Å². The second-order valence-electron chi connectivity index (χ2n) is 15.3. The normalized spacial score (nSPS) is 13.2. The molecular formula is C46H90N2O5S. The lowest BCUT2D eigenvalue weighted by Crippen LogP contribution is -2.45. The molecule has 0 heterocycles. The van der Waals surface area contributed by atoms with Crippen LogP contribution < -0.4 is 5.73 Å². The summed E-state index contributed by atoms with van der Waals surface area (Å²) in [4.78, 5) is 2.30. The van der Waals surface area contributed by atoms with E-state index in [2.05, 4.69) is 38.2 Å². The molecule has 0 radical (unpaired) electrons. The van der Waals surface area contributed by atoms with Gasteiger partial charge < -0.3 is 30.2 Å². The van der Waals surface area contributed by atoms with E-state index < -0.39 is 6.10 Å². The van der Waals surface area contributed by atoms with Crippen LogP contribution in [0.5, 0.6) is 0 Å².